The summed E-state index contributed by atoms with van der Waals surface area (Å²) < 4.78 is 126. The number of nitrogens with zero attached hydrogens (tertiary/aromatic N) is 2. The summed E-state index contributed by atoms with van der Waals surface area (Å²) in [5.41, 5.74) is -2.57. The van der Waals surface area contributed by atoms with Gasteiger partial charge in [-0.1, -0.05) is 35.9 Å². The Morgan fingerprint density at radius 1 is 1.11 bits per heavy atom. The molecule has 0 spiro atoms. The average Bonchev–Trinajstić information content (AvgIpc) is 2.97. The molecular weight excluding hydrogens is 654 g/mol. The summed E-state index contributed by atoms with van der Waals surface area (Å²) in [6.07, 6.45) is -7.91. The Kier molecular flexibility index (Phi) is 9.92. The number of fused-ring (bicyclic) bond motifs is 1. The van der Waals surface area contributed by atoms with Crippen LogP contribution in [-0.4, -0.2) is 45.7 Å². The second-order valence-corrected chi connectivity index (χ2v) is 11.8. The number of pyridine rings is 1. The lowest BCUT2D eigenvalue weighted by atomic mass is 10.0. The van der Waals surface area contributed by atoms with Gasteiger partial charge in [0, 0.05) is 23.2 Å². The maximum Gasteiger partial charge on any atom is 0.417 e. The fourth-order valence-corrected chi connectivity index (χ4v) is 6.31. The van der Waals surface area contributed by atoms with Crippen LogP contribution in [0.3, 0.4) is 0 Å². The second kappa shape index (κ2) is 13.2. The van der Waals surface area contributed by atoms with Gasteiger partial charge in [0.2, 0.25) is 5.88 Å². The van der Waals surface area contributed by atoms with Crippen molar-refractivity contribution in [2.75, 3.05) is 24.6 Å². The number of methoxy groups -OCH3 is 1. The van der Waals surface area contributed by atoms with Crippen molar-refractivity contribution in [2.45, 2.75) is 43.1 Å². The number of alkyl halides is 6. The zero-order chi connectivity index (χ0) is 33.2. The lowest BCUT2D eigenvalue weighted by molar-refractivity contribution is -0.141. The van der Waals surface area contributed by atoms with E-state index in [0.717, 1.165) is 22.5 Å². The number of carbonyl (C=O) groups excluding carboxylic acids is 1. The van der Waals surface area contributed by atoms with Gasteiger partial charge in [-0.25, -0.2) is 13.4 Å². The van der Waals surface area contributed by atoms with Crippen molar-refractivity contribution in [1.82, 2.24) is 4.98 Å². The van der Waals surface area contributed by atoms with Crippen LogP contribution < -0.4 is 13.8 Å². The molecule has 0 fully saturated rings. The molecule has 0 unspecified atom stereocenters. The van der Waals surface area contributed by atoms with Crippen molar-refractivity contribution < 1.29 is 53.8 Å². The molecule has 1 atom stereocenters. The van der Waals surface area contributed by atoms with Crippen molar-refractivity contribution in [2.24, 2.45) is 0 Å². The smallest absolute Gasteiger partial charge is 0.417 e. The number of hydrogen-bond acceptors (Lipinski definition) is 7. The molecule has 0 aliphatic carbocycles. The Morgan fingerprint density at radius 3 is 2.49 bits per heavy atom. The van der Waals surface area contributed by atoms with Gasteiger partial charge in [0.25, 0.3) is 10.0 Å². The number of esters is 1. The van der Waals surface area contributed by atoms with E-state index in [1.807, 2.05) is 0 Å². The topological polar surface area (TPSA) is 95.0 Å². The molecular formula is C29H25ClF6N2O6S. The first-order chi connectivity index (χ1) is 21.1. The number of aromatic nitrogens is 1. The summed E-state index contributed by atoms with van der Waals surface area (Å²) in [6.45, 7) is 0.938. The Labute approximate surface area is 259 Å². The number of hydrogen-bond donors (Lipinski definition) is 0. The Hall–Kier alpha value is -3.98. The summed E-state index contributed by atoms with van der Waals surface area (Å²) in [5.74, 6) is -1.18. The Balaban J connectivity index is 1.83. The second-order valence-electron chi connectivity index (χ2n) is 9.61. The number of anilines is 1. The highest BCUT2D eigenvalue weighted by Crippen LogP contribution is 2.42. The van der Waals surface area contributed by atoms with E-state index in [1.54, 1.807) is 0 Å². The lowest BCUT2D eigenvalue weighted by Gasteiger charge is -2.36. The first kappa shape index (κ1) is 33.9. The molecule has 0 saturated heterocycles. The summed E-state index contributed by atoms with van der Waals surface area (Å²) in [6, 6.07) is 7.76. The summed E-state index contributed by atoms with van der Waals surface area (Å²) in [4.78, 5) is 14.5. The molecule has 16 heteroatoms. The van der Waals surface area contributed by atoms with Crippen LogP contribution in [0.1, 0.15) is 42.0 Å². The molecule has 0 N–H and O–H groups in total. The molecule has 4 rings (SSSR count). The average molecular weight is 679 g/mol. The van der Waals surface area contributed by atoms with Gasteiger partial charge in [0.15, 0.2) is 4.90 Å². The maximum atomic E-state index is 14.1. The standard InChI is InChI=1S/C29H25ClF6N2O6S/c1-3-43-27-25(14-18(15-37-27)28(31,32)33)45(40,41)38-16-19(9-12-26(39)42-2)44-24-11-8-17(13-23(24)38)7-10-20-21(29(34,35)36)5-4-6-22(20)30/h4-8,10-11,13-15,19H,3,9,12,16H2,1-2H3/b10-7+/t19-/m0/s1. The van der Waals surface area contributed by atoms with Crippen molar-refractivity contribution in [1.29, 1.82) is 0 Å². The van der Waals surface area contributed by atoms with Gasteiger partial charge < -0.3 is 14.2 Å². The van der Waals surface area contributed by atoms with Gasteiger partial charge in [0.1, 0.15) is 11.9 Å². The molecule has 3 aromatic rings. The van der Waals surface area contributed by atoms with Gasteiger partial charge in [-0.15, -0.1) is 0 Å². The first-order valence-electron chi connectivity index (χ1n) is 13.2. The first-order valence-corrected chi connectivity index (χ1v) is 15.0. The van der Waals surface area contributed by atoms with Gasteiger partial charge in [-0.3, -0.25) is 9.10 Å². The molecule has 1 aromatic heterocycles. The van der Waals surface area contributed by atoms with Crippen LogP contribution in [0.4, 0.5) is 32.0 Å². The van der Waals surface area contributed by atoms with Gasteiger partial charge in [0.05, 0.1) is 37.1 Å². The van der Waals surface area contributed by atoms with Crippen LogP contribution in [0.25, 0.3) is 12.2 Å². The van der Waals surface area contributed by atoms with Crippen LogP contribution in [0.2, 0.25) is 5.02 Å². The van der Waals surface area contributed by atoms with E-state index in [1.165, 1.54) is 44.4 Å². The fourth-order valence-electron chi connectivity index (χ4n) is 4.46. The van der Waals surface area contributed by atoms with Gasteiger partial charge in [-0.2, -0.15) is 26.3 Å². The number of rotatable bonds is 9. The predicted molar refractivity (Wildman–Crippen MR) is 152 cm³/mol. The third-order valence-corrected chi connectivity index (χ3v) is 8.71. The summed E-state index contributed by atoms with van der Waals surface area (Å²) in [7, 11) is -3.68. The molecule has 1 aliphatic heterocycles. The van der Waals surface area contributed by atoms with Gasteiger partial charge in [-0.05, 0) is 49.2 Å². The van der Waals surface area contributed by atoms with Crippen molar-refractivity contribution in [3.63, 3.8) is 0 Å². The molecule has 242 valence electrons. The number of sulfonamides is 1. The third kappa shape index (κ3) is 7.64. The molecule has 0 radical (unpaired) electrons. The maximum absolute atomic E-state index is 14.1. The van der Waals surface area contributed by atoms with Crippen molar-refractivity contribution in [3.8, 4) is 11.6 Å². The molecule has 0 bridgehead atoms. The van der Waals surface area contributed by atoms with Crippen LogP contribution in [0, 0.1) is 0 Å². The molecule has 2 heterocycles. The molecule has 0 saturated carbocycles. The summed E-state index contributed by atoms with van der Waals surface area (Å²) >= 11 is 6.04. The number of carbonyl (C=O) groups is 1. The van der Waals surface area contributed by atoms with Crippen LogP contribution in [0.5, 0.6) is 11.6 Å². The Morgan fingerprint density at radius 2 is 1.84 bits per heavy atom. The SMILES string of the molecule is CCOc1ncc(C(F)(F)F)cc1S(=O)(=O)N1C[C@H](CCC(=O)OC)Oc2ccc(/C=C/c3c(Cl)cccc3C(F)(F)F)cc21. The highest BCUT2D eigenvalue weighted by atomic mass is 35.5. The minimum Gasteiger partial charge on any atom is -0.486 e. The monoisotopic (exact) mass is 678 g/mol. The van der Waals surface area contributed by atoms with E-state index in [4.69, 9.17) is 21.1 Å². The highest BCUT2D eigenvalue weighted by molar-refractivity contribution is 7.93. The number of halogens is 7. The normalized spacial score (nSPS) is 15.5. The van der Waals surface area contributed by atoms with E-state index in [0.29, 0.717) is 12.3 Å². The van der Waals surface area contributed by atoms with Crippen LogP contribution in [-0.2, 0) is 31.9 Å². The summed E-state index contributed by atoms with van der Waals surface area (Å²) in [5, 5.41) is -0.180. The highest BCUT2D eigenvalue weighted by Gasteiger charge is 2.40. The van der Waals surface area contributed by atoms with Crippen LogP contribution in [0.15, 0.2) is 53.6 Å². The predicted octanol–water partition coefficient (Wildman–Crippen LogP) is 7.25. The third-order valence-electron chi connectivity index (χ3n) is 6.61. The van der Waals surface area contributed by atoms with Crippen molar-refractivity contribution >= 4 is 45.4 Å². The zero-order valence-electron chi connectivity index (χ0n) is 23.6. The molecule has 2 aromatic carbocycles. The van der Waals surface area contributed by atoms with E-state index in [2.05, 4.69) is 9.72 Å². The molecule has 1 aliphatic rings. The number of benzene rings is 2. The van der Waals surface area contributed by atoms with E-state index < -0.39 is 62.9 Å². The minimum atomic E-state index is -4.93. The van der Waals surface area contributed by atoms with Gasteiger partial charge >= 0.3 is 18.3 Å². The fraction of sp³-hybridized carbons (Fsp3) is 0.310. The lowest BCUT2D eigenvalue weighted by Crippen LogP contribution is -2.44. The minimum absolute atomic E-state index is 0.00826. The van der Waals surface area contributed by atoms with Crippen molar-refractivity contribution in [3.05, 3.63) is 75.9 Å². The quantitative estimate of drug-likeness (QED) is 0.134. The van der Waals surface area contributed by atoms with Crippen LogP contribution >= 0.6 is 11.6 Å². The Bertz CT molecular complexity index is 1710. The zero-order valence-corrected chi connectivity index (χ0v) is 25.1. The molecule has 45 heavy (non-hydrogen) atoms. The van der Waals surface area contributed by atoms with E-state index in [9.17, 15) is 39.6 Å². The van der Waals surface area contributed by atoms with E-state index in [-0.39, 0.29) is 47.0 Å². The largest absolute Gasteiger partial charge is 0.486 e. The molecule has 0 amide bonds. The van der Waals surface area contributed by atoms with E-state index >= 15 is 0 Å². The number of ether oxygens (including phenoxy) is 3. The molecule has 8 nitrogen and oxygen atoms in total.